The van der Waals surface area contributed by atoms with Gasteiger partial charge in [-0.3, -0.25) is 14.4 Å². The second-order valence-electron chi connectivity index (χ2n) is 11.1. The first kappa shape index (κ1) is 23.7. The maximum absolute atomic E-state index is 13.2. The zero-order valence-corrected chi connectivity index (χ0v) is 20.7. The summed E-state index contributed by atoms with van der Waals surface area (Å²) in [5.74, 6) is 1.52. The van der Waals surface area contributed by atoms with E-state index < -0.39 is 5.60 Å². The molecule has 0 N–H and O–H groups in total. The number of allylic oxidation sites excluding steroid dienone is 4. The molecule has 4 nitrogen and oxygen atoms in total. The van der Waals surface area contributed by atoms with Gasteiger partial charge in [-0.2, -0.15) is 0 Å². The molecule has 0 spiro atoms. The fourth-order valence-electron chi connectivity index (χ4n) is 7.96. The molecule has 2 fully saturated rings. The highest BCUT2D eigenvalue weighted by molar-refractivity contribution is 6.17. The van der Waals surface area contributed by atoms with Crippen molar-refractivity contribution >= 4 is 29.1 Å². The number of hydrogen-bond acceptors (Lipinski definition) is 4. The van der Waals surface area contributed by atoms with Crippen molar-refractivity contribution in [3.8, 4) is 0 Å². The van der Waals surface area contributed by atoms with Crippen molar-refractivity contribution in [2.24, 2.45) is 34.5 Å². The van der Waals surface area contributed by atoms with Crippen molar-refractivity contribution in [3.63, 3.8) is 0 Å². The molecular weight excluding hydrogens is 424 g/mol. The average molecular weight is 461 g/mol. The molecule has 32 heavy (non-hydrogen) atoms. The standard InChI is InChI=1S/C27H37ClO4/c1-17-15-23-21-9-8-19-16-20(30)10-12-25(19,3)22(21)11-13-26(23,4)27(17,18(2)29)32-24(31)7-5-6-14-28/h8-9,16-17,21-23H,5-7,10-15H2,1-4H3/t17-,21+,22-,23-,25-,26-,27-/m0/s1. The second kappa shape index (κ2) is 8.42. The van der Waals surface area contributed by atoms with E-state index in [1.165, 1.54) is 5.57 Å². The van der Waals surface area contributed by atoms with Gasteiger partial charge in [-0.25, -0.2) is 0 Å². The van der Waals surface area contributed by atoms with Crippen molar-refractivity contribution in [2.45, 2.75) is 84.7 Å². The van der Waals surface area contributed by atoms with Crippen LogP contribution in [0.5, 0.6) is 0 Å². The number of carbonyl (C=O) groups excluding carboxylic acids is 3. The third-order valence-electron chi connectivity index (χ3n) is 9.62. The Morgan fingerprint density at radius 1 is 1.19 bits per heavy atom. The van der Waals surface area contributed by atoms with Gasteiger partial charge >= 0.3 is 5.97 Å². The number of rotatable bonds is 6. The number of fused-ring (bicyclic) bond motifs is 5. The Morgan fingerprint density at radius 2 is 1.94 bits per heavy atom. The second-order valence-corrected chi connectivity index (χ2v) is 11.5. The summed E-state index contributed by atoms with van der Waals surface area (Å²) in [5.41, 5.74) is -0.257. The summed E-state index contributed by atoms with van der Waals surface area (Å²) in [5, 5.41) is 0. The van der Waals surface area contributed by atoms with Crippen LogP contribution in [-0.4, -0.2) is 29.0 Å². The number of esters is 1. The van der Waals surface area contributed by atoms with E-state index in [9.17, 15) is 14.4 Å². The molecule has 0 heterocycles. The molecule has 0 bridgehead atoms. The van der Waals surface area contributed by atoms with Gasteiger partial charge in [-0.15, -0.1) is 11.6 Å². The molecule has 0 aromatic heterocycles. The number of hydrogen-bond donors (Lipinski definition) is 0. The van der Waals surface area contributed by atoms with Crippen LogP contribution >= 0.6 is 11.6 Å². The number of unbranched alkanes of at least 4 members (excludes halogenated alkanes) is 1. The molecule has 4 aliphatic rings. The molecule has 0 amide bonds. The number of halogens is 1. The number of Topliss-reactive ketones (excluding diaryl/α,β-unsaturated/α-hetero) is 1. The number of carbonyl (C=O) groups is 3. The predicted octanol–water partition coefficient (Wildman–Crippen LogP) is 5.82. The van der Waals surface area contributed by atoms with E-state index in [1.54, 1.807) is 6.92 Å². The lowest BCUT2D eigenvalue weighted by atomic mass is 9.48. The van der Waals surface area contributed by atoms with Gasteiger partial charge in [0.25, 0.3) is 0 Å². The number of ketones is 2. The molecule has 0 aromatic carbocycles. The maximum atomic E-state index is 13.2. The minimum Gasteiger partial charge on any atom is -0.450 e. The van der Waals surface area contributed by atoms with Gasteiger partial charge in [0.15, 0.2) is 17.2 Å². The quantitative estimate of drug-likeness (QED) is 0.284. The van der Waals surface area contributed by atoms with Crippen LogP contribution in [-0.2, 0) is 19.1 Å². The molecular formula is C27H37ClO4. The van der Waals surface area contributed by atoms with E-state index in [0.29, 0.717) is 37.0 Å². The van der Waals surface area contributed by atoms with Gasteiger partial charge < -0.3 is 4.74 Å². The van der Waals surface area contributed by atoms with E-state index in [1.807, 2.05) is 6.08 Å². The summed E-state index contributed by atoms with van der Waals surface area (Å²) in [7, 11) is 0. The molecule has 4 aliphatic carbocycles. The Hall–Kier alpha value is -1.42. The van der Waals surface area contributed by atoms with Crippen LogP contribution in [0.3, 0.4) is 0 Å². The zero-order valence-electron chi connectivity index (χ0n) is 19.9. The van der Waals surface area contributed by atoms with Crippen molar-refractivity contribution in [3.05, 3.63) is 23.8 Å². The smallest absolute Gasteiger partial charge is 0.306 e. The molecule has 0 saturated heterocycles. The Bertz CT molecular complexity index is 875. The molecule has 7 atom stereocenters. The molecule has 2 saturated carbocycles. The van der Waals surface area contributed by atoms with Gasteiger partial charge in [-0.05, 0) is 80.3 Å². The number of ether oxygens (including phenoxy) is 1. The van der Waals surface area contributed by atoms with Crippen molar-refractivity contribution in [1.29, 1.82) is 0 Å². The molecule has 0 unspecified atom stereocenters. The van der Waals surface area contributed by atoms with Crippen LogP contribution in [0.25, 0.3) is 0 Å². The first-order chi connectivity index (χ1) is 15.1. The van der Waals surface area contributed by atoms with E-state index in [-0.39, 0.29) is 40.2 Å². The van der Waals surface area contributed by atoms with E-state index in [0.717, 1.165) is 32.1 Å². The van der Waals surface area contributed by atoms with Crippen LogP contribution in [0.4, 0.5) is 0 Å². The zero-order chi connectivity index (χ0) is 23.3. The van der Waals surface area contributed by atoms with Gasteiger partial charge in [-0.1, -0.05) is 32.9 Å². The minimum absolute atomic E-state index is 0.0115. The SMILES string of the molecule is CC(=O)[C@@]1(OC(=O)CCCCCl)[C@@H](C)C[C@H]2[C@@H]3C=CC4=CC(=O)CC[C@]4(C)[C@H]3CC[C@@]21C. The summed E-state index contributed by atoms with van der Waals surface area (Å²) in [6.07, 6.45) is 12.3. The Balaban J connectivity index is 1.68. The summed E-state index contributed by atoms with van der Waals surface area (Å²) in [4.78, 5) is 38.1. The summed E-state index contributed by atoms with van der Waals surface area (Å²) >= 11 is 5.77. The highest BCUT2D eigenvalue weighted by atomic mass is 35.5. The van der Waals surface area contributed by atoms with E-state index >= 15 is 0 Å². The largest absolute Gasteiger partial charge is 0.450 e. The first-order valence-corrected chi connectivity index (χ1v) is 12.9. The van der Waals surface area contributed by atoms with Gasteiger partial charge in [0.05, 0.1) is 0 Å². The van der Waals surface area contributed by atoms with Crippen LogP contribution in [0.2, 0.25) is 0 Å². The lowest BCUT2D eigenvalue weighted by Crippen LogP contribution is -2.59. The lowest BCUT2D eigenvalue weighted by molar-refractivity contribution is -0.192. The fourth-order valence-corrected chi connectivity index (χ4v) is 8.15. The van der Waals surface area contributed by atoms with Crippen LogP contribution in [0.1, 0.15) is 79.1 Å². The molecule has 5 heteroatoms. The predicted molar refractivity (Wildman–Crippen MR) is 125 cm³/mol. The molecule has 0 radical (unpaired) electrons. The van der Waals surface area contributed by atoms with E-state index in [2.05, 4.69) is 32.9 Å². The molecule has 0 aliphatic heterocycles. The maximum Gasteiger partial charge on any atom is 0.306 e. The molecule has 0 aromatic rings. The minimum atomic E-state index is -1.06. The van der Waals surface area contributed by atoms with Gasteiger partial charge in [0.2, 0.25) is 0 Å². The third kappa shape index (κ3) is 3.35. The van der Waals surface area contributed by atoms with Crippen molar-refractivity contribution < 1.29 is 19.1 Å². The Morgan fingerprint density at radius 3 is 2.62 bits per heavy atom. The van der Waals surface area contributed by atoms with E-state index in [4.69, 9.17) is 16.3 Å². The first-order valence-electron chi connectivity index (χ1n) is 12.3. The Kier molecular flexibility index (Phi) is 6.24. The topological polar surface area (TPSA) is 60.4 Å². The normalized spacial score (nSPS) is 42.5. The summed E-state index contributed by atoms with van der Waals surface area (Å²) in [6.45, 7) is 8.21. The van der Waals surface area contributed by atoms with Gasteiger partial charge in [0, 0.05) is 30.1 Å². The average Bonchev–Trinajstić information content (AvgIpc) is 2.96. The highest BCUT2D eigenvalue weighted by Gasteiger charge is 2.70. The summed E-state index contributed by atoms with van der Waals surface area (Å²) < 4.78 is 6.21. The highest BCUT2D eigenvalue weighted by Crippen LogP contribution is 2.68. The summed E-state index contributed by atoms with van der Waals surface area (Å²) in [6, 6.07) is 0. The monoisotopic (exact) mass is 460 g/mol. The van der Waals surface area contributed by atoms with Gasteiger partial charge in [0.1, 0.15) is 0 Å². The van der Waals surface area contributed by atoms with Crippen molar-refractivity contribution in [2.75, 3.05) is 5.88 Å². The molecule has 4 rings (SSSR count). The lowest BCUT2D eigenvalue weighted by Gasteiger charge is -2.57. The van der Waals surface area contributed by atoms with Crippen LogP contribution < -0.4 is 0 Å². The fraction of sp³-hybridized carbons (Fsp3) is 0.741. The van der Waals surface area contributed by atoms with Crippen LogP contribution in [0, 0.1) is 34.5 Å². The Labute approximate surface area is 197 Å². The van der Waals surface area contributed by atoms with Crippen molar-refractivity contribution in [1.82, 2.24) is 0 Å². The molecule has 176 valence electrons. The number of alkyl halides is 1. The third-order valence-corrected chi connectivity index (χ3v) is 9.88. The van der Waals surface area contributed by atoms with Crippen LogP contribution in [0.15, 0.2) is 23.8 Å².